The van der Waals surface area contributed by atoms with E-state index in [9.17, 15) is 13.2 Å². The second kappa shape index (κ2) is 8.75. The van der Waals surface area contributed by atoms with E-state index < -0.39 is 10.0 Å². The predicted octanol–water partition coefficient (Wildman–Crippen LogP) is 2.90. The Kier molecular flexibility index (Phi) is 6.36. The molecular formula is C21H27N3O3S. The fourth-order valence-electron chi connectivity index (χ4n) is 3.39. The second-order valence-corrected chi connectivity index (χ2v) is 9.02. The van der Waals surface area contributed by atoms with Crippen LogP contribution in [0.2, 0.25) is 0 Å². The normalized spacial score (nSPS) is 14.5. The van der Waals surface area contributed by atoms with Crippen LogP contribution in [-0.4, -0.2) is 33.5 Å². The number of nitrogens with one attached hydrogen (secondary N) is 2. The molecule has 1 aliphatic heterocycles. The first-order valence-electron chi connectivity index (χ1n) is 9.60. The summed E-state index contributed by atoms with van der Waals surface area (Å²) in [7, 11) is -3.64. The Bertz CT molecular complexity index is 935. The number of hydrogen-bond acceptors (Lipinski definition) is 4. The Labute approximate surface area is 167 Å². The molecule has 7 heteroatoms. The van der Waals surface area contributed by atoms with Crippen LogP contribution in [-0.2, 0) is 16.6 Å². The number of rotatable bonds is 7. The SMILES string of the molecule is CC(C)NS(=O)(=O)c1cccc(C(=O)NCc2ccccc2N2CCCC2)c1. The number of para-hydroxylation sites is 1. The molecule has 150 valence electrons. The van der Waals surface area contributed by atoms with Crippen LogP contribution in [0, 0.1) is 0 Å². The highest BCUT2D eigenvalue weighted by Crippen LogP contribution is 2.24. The molecule has 3 rings (SSSR count). The van der Waals surface area contributed by atoms with Gasteiger partial charge in [-0.3, -0.25) is 4.79 Å². The molecule has 1 amide bonds. The van der Waals surface area contributed by atoms with Crippen molar-refractivity contribution < 1.29 is 13.2 Å². The summed E-state index contributed by atoms with van der Waals surface area (Å²) in [4.78, 5) is 15.0. The molecule has 0 aliphatic carbocycles. The lowest BCUT2D eigenvalue weighted by molar-refractivity contribution is 0.0950. The third-order valence-corrected chi connectivity index (χ3v) is 6.33. The zero-order valence-corrected chi connectivity index (χ0v) is 17.1. The molecule has 1 saturated heterocycles. The van der Waals surface area contributed by atoms with Crippen LogP contribution >= 0.6 is 0 Å². The minimum atomic E-state index is -3.64. The van der Waals surface area contributed by atoms with Crippen molar-refractivity contribution in [3.63, 3.8) is 0 Å². The maximum absolute atomic E-state index is 12.6. The third-order valence-electron chi connectivity index (χ3n) is 4.68. The first-order chi connectivity index (χ1) is 13.4. The highest BCUT2D eigenvalue weighted by Gasteiger charge is 2.18. The van der Waals surface area contributed by atoms with E-state index in [1.165, 1.54) is 25.0 Å². The van der Waals surface area contributed by atoms with Crippen LogP contribution in [0.3, 0.4) is 0 Å². The van der Waals surface area contributed by atoms with Gasteiger partial charge < -0.3 is 10.2 Å². The van der Waals surface area contributed by atoms with Crippen molar-refractivity contribution in [3.05, 3.63) is 59.7 Å². The van der Waals surface area contributed by atoms with E-state index in [4.69, 9.17) is 0 Å². The summed E-state index contributed by atoms with van der Waals surface area (Å²) in [5.41, 5.74) is 2.53. The van der Waals surface area contributed by atoms with Gasteiger partial charge in [-0.2, -0.15) is 0 Å². The molecule has 0 spiro atoms. The summed E-state index contributed by atoms with van der Waals surface area (Å²) >= 11 is 0. The first kappa shape index (κ1) is 20.4. The maximum Gasteiger partial charge on any atom is 0.251 e. The molecule has 1 aliphatic rings. The van der Waals surface area contributed by atoms with Gasteiger partial charge in [-0.25, -0.2) is 13.1 Å². The van der Waals surface area contributed by atoms with Gasteiger partial charge in [0.15, 0.2) is 0 Å². The number of benzene rings is 2. The van der Waals surface area contributed by atoms with E-state index in [0.717, 1.165) is 24.3 Å². The van der Waals surface area contributed by atoms with Gasteiger partial charge in [0.05, 0.1) is 4.90 Å². The molecule has 6 nitrogen and oxygen atoms in total. The summed E-state index contributed by atoms with van der Waals surface area (Å²) in [5, 5.41) is 2.92. The summed E-state index contributed by atoms with van der Waals surface area (Å²) in [6, 6.07) is 14.0. The number of hydrogen-bond donors (Lipinski definition) is 2. The lowest BCUT2D eigenvalue weighted by Crippen LogP contribution is -2.30. The van der Waals surface area contributed by atoms with Gasteiger partial charge in [-0.15, -0.1) is 0 Å². The zero-order valence-electron chi connectivity index (χ0n) is 16.3. The summed E-state index contributed by atoms with van der Waals surface area (Å²) in [6.45, 7) is 5.98. The molecule has 28 heavy (non-hydrogen) atoms. The second-order valence-electron chi connectivity index (χ2n) is 7.31. The van der Waals surface area contributed by atoms with E-state index in [-0.39, 0.29) is 16.8 Å². The van der Waals surface area contributed by atoms with E-state index >= 15 is 0 Å². The fraction of sp³-hybridized carbons (Fsp3) is 0.381. The lowest BCUT2D eigenvalue weighted by atomic mass is 10.1. The zero-order chi connectivity index (χ0) is 20.1. The van der Waals surface area contributed by atoms with Gasteiger partial charge >= 0.3 is 0 Å². The van der Waals surface area contributed by atoms with Gasteiger partial charge in [0, 0.05) is 36.9 Å². The molecule has 0 aromatic heterocycles. The quantitative estimate of drug-likeness (QED) is 0.748. The molecule has 2 aromatic rings. The minimum Gasteiger partial charge on any atom is -0.371 e. The number of amides is 1. The maximum atomic E-state index is 12.6. The molecular weight excluding hydrogens is 374 g/mol. The highest BCUT2D eigenvalue weighted by molar-refractivity contribution is 7.89. The van der Waals surface area contributed by atoms with Crippen LogP contribution in [0.4, 0.5) is 5.69 Å². The number of carbonyl (C=O) groups is 1. The topological polar surface area (TPSA) is 78.5 Å². The minimum absolute atomic E-state index is 0.0892. The average Bonchev–Trinajstić information content (AvgIpc) is 3.20. The van der Waals surface area contributed by atoms with E-state index in [1.54, 1.807) is 26.0 Å². The number of carbonyl (C=O) groups excluding carboxylic acids is 1. The summed E-state index contributed by atoms with van der Waals surface area (Å²) in [5.74, 6) is -0.294. The molecule has 1 heterocycles. The van der Waals surface area contributed by atoms with Gasteiger partial charge in [0.2, 0.25) is 10.0 Å². The van der Waals surface area contributed by atoms with Crippen LogP contribution in [0.25, 0.3) is 0 Å². The van der Waals surface area contributed by atoms with Crippen molar-refractivity contribution in [1.29, 1.82) is 0 Å². The van der Waals surface area contributed by atoms with Crippen molar-refractivity contribution in [3.8, 4) is 0 Å². The Balaban J connectivity index is 1.72. The van der Waals surface area contributed by atoms with Gasteiger partial charge in [0.1, 0.15) is 0 Å². The number of anilines is 1. The smallest absolute Gasteiger partial charge is 0.251 e. The van der Waals surface area contributed by atoms with Crippen LogP contribution in [0.15, 0.2) is 53.4 Å². The van der Waals surface area contributed by atoms with Gasteiger partial charge in [0.25, 0.3) is 5.91 Å². The molecule has 0 atom stereocenters. The van der Waals surface area contributed by atoms with E-state index in [2.05, 4.69) is 21.0 Å². The van der Waals surface area contributed by atoms with Gasteiger partial charge in [-0.05, 0) is 56.5 Å². The van der Waals surface area contributed by atoms with Crippen LogP contribution in [0.1, 0.15) is 42.6 Å². The van der Waals surface area contributed by atoms with E-state index in [1.807, 2.05) is 18.2 Å². The molecule has 0 bridgehead atoms. The summed E-state index contributed by atoms with van der Waals surface area (Å²) in [6.07, 6.45) is 2.37. The molecule has 0 radical (unpaired) electrons. The Hall–Kier alpha value is -2.38. The molecule has 1 fully saturated rings. The predicted molar refractivity (Wildman–Crippen MR) is 111 cm³/mol. The van der Waals surface area contributed by atoms with Crippen molar-refractivity contribution in [2.45, 2.75) is 44.2 Å². The molecule has 2 aromatic carbocycles. The van der Waals surface area contributed by atoms with Crippen LogP contribution < -0.4 is 14.9 Å². The first-order valence-corrected chi connectivity index (χ1v) is 11.1. The van der Waals surface area contributed by atoms with Crippen molar-refractivity contribution >= 4 is 21.6 Å². The standard InChI is InChI=1S/C21H27N3O3S/c1-16(2)23-28(26,27)19-10-7-9-17(14-19)21(25)22-15-18-8-3-4-11-20(18)24-12-5-6-13-24/h3-4,7-11,14,16,23H,5-6,12-13,15H2,1-2H3,(H,22,25). The number of nitrogens with zero attached hydrogens (tertiary/aromatic N) is 1. The fourth-order valence-corrected chi connectivity index (χ4v) is 4.68. The Morgan fingerprint density at radius 1 is 1.07 bits per heavy atom. The average molecular weight is 402 g/mol. The van der Waals surface area contributed by atoms with E-state index in [0.29, 0.717) is 12.1 Å². The Morgan fingerprint density at radius 2 is 1.79 bits per heavy atom. The molecule has 2 N–H and O–H groups in total. The highest BCUT2D eigenvalue weighted by atomic mass is 32.2. The molecule has 0 saturated carbocycles. The van der Waals surface area contributed by atoms with Crippen LogP contribution in [0.5, 0.6) is 0 Å². The third kappa shape index (κ3) is 4.91. The van der Waals surface area contributed by atoms with Crippen molar-refractivity contribution in [1.82, 2.24) is 10.0 Å². The van der Waals surface area contributed by atoms with Crippen molar-refractivity contribution in [2.75, 3.05) is 18.0 Å². The summed E-state index contributed by atoms with van der Waals surface area (Å²) < 4.78 is 27.2. The largest absolute Gasteiger partial charge is 0.371 e. The van der Waals surface area contributed by atoms with Crippen molar-refractivity contribution in [2.24, 2.45) is 0 Å². The Morgan fingerprint density at radius 3 is 2.50 bits per heavy atom. The lowest BCUT2D eigenvalue weighted by Gasteiger charge is -2.21. The monoisotopic (exact) mass is 401 g/mol. The number of sulfonamides is 1. The van der Waals surface area contributed by atoms with Gasteiger partial charge in [-0.1, -0.05) is 24.3 Å². The molecule has 0 unspecified atom stereocenters.